The van der Waals surface area contributed by atoms with Gasteiger partial charge in [-0.2, -0.15) is 0 Å². The minimum Gasteiger partial charge on any atom is -0.395 e. The van der Waals surface area contributed by atoms with Crippen LogP contribution in [0.15, 0.2) is 5.51 Å². The molecule has 1 aromatic rings. The van der Waals surface area contributed by atoms with Crippen molar-refractivity contribution in [1.82, 2.24) is 9.88 Å². The van der Waals surface area contributed by atoms with E-state index in [1.54, 1.807) is 24.4 Å². The SMILES string of the molecule is COCCN(CCO)C(=O)c1scnc1C. The molecule has 90 valence electrons. The van der Waals surface area contributed by atoms with Crippen LogP contribution in [0.3, 0.4) is 0 Å². The molecule has 1 N–H and O–H groups in total. The molecule has 1 rings (SSSR count). The van der Waals surface area contributed by atoms with Crippen LogP contribution >= 0.6 is 11.3 Å². The normalized spacial score (nSPS) is 10.4. The number of rotatable bonds is 6. The number of aliphatic hydroxyl groups is 1. The van der Waals surface area contributed by atoms with E-state index in [-0.39, 0.29) is 12.5 Å². The summed E-state index contributed by atoms with van der Waals surface area (Å²) in [4.78, 5) is 18.3. The first-order chi connectivity index (χ1) is 7.70. The van der Waals surface area contributed by atoms with Gasteiger partial charge in [0.2, 0.25) is 0 Å². The molecule has 0 aliphatic rings. The Balaban J connectivity index is 2.70. The highest BCUT2D eigenvalue weighted by atomic mass is 32.1. The molecule has 1 aromatic heterocycles. The highest BCUT2D eigenvalue weighted by molar-refractivity contribution is 7.11. The zero-order chi connectivity index (χ0) is 12.0. The zero-order valence-corrected chi connectivity index (χ0v) is 10.3. The molecule has 1 amide bonds. The molecule has 0 saturated heterocycles. The van der Waals surface area contributed by atoms with E-state index in [1.807, 2.05) is 0 Å². The van der Waals surface area contributed by atoms with Gasteiger partial charge in [-0.15, -0.1) is 11.3 Å². The molecule has 5 nitrogen and oxygen atoms in total. The molecule has 6 heteroatoms. The van der Waals surface area contributed by atoms with Crippen LogP contribution in [0.4, 0.5) is 0 Å². The van der Waals surface area contributed by atoms with E-state index in [4.69, 9.17) is 9.84 Å². The number of aryl methyl sites for hydroxylation is 1. The third kappa shape index (κ3) is 3.26. The minimum atomic E-state index is -0.0916. The molecule has 0 saturated carbocycles. The maximum absolute atomic E-state index is 12.1. The van der Waals surface area contributed by atoms with Gasteiger partial charge in [0, 0.05) is 20.2 Å². The van der Waals surface area contributed by atoms with Gasteiger partial charge in [-0.25, -0.2) is 4.98 Å². The van der Waals surface area contributed by atoms with Gasteiger partial charge in [0.15, 0.2) is 0 Å². The highest BCUT2D eigenvalue weighted by Crippen LogP contribution is 2.14. The number of carbonyl (C=O) groups excluding carboxylic acids is 1. The lowest BCUT2D eigenvalue weighted by Gasteiger charge is -2.20. The number of hydrogen-bond donors (Lipinski definition) is 1. The molecular formula is C10H16N2O3S. The standard InChI is InChI=1S/C10H16N2O3S/c1-8-9(16-7-11-8)10(14)12(3-5-13)4-6-15-2/h7,13H,3-6H2,1-2H3. The summed E-state index contributed by atoms with van der Waals surface area (Å²) in [5.41, 5.74) is 2.38. The van der Waals surface area contributed by atoms with Crippen molar-refractivity contribution in [3.8, 4) is 0 Å². The maximum atomic E-state index is 12.1. The van der Waals surface area contributed by atoms with Crippen molar-refractivity contribution in [2.45, 2.75) is 6.92 Å². The Morgan fingerprint density at radius 2 is 2.38 bits per heavy atom. The lowest BCUT2D eigenvalue weighted by atomic mass is 10.3. The number of carbonyl (C=O) groups is 1. The van der Waals surface area contributed by atoms with Crippen molar-refractivity contribution in [2.75, 3.05) is 33.4 Å². The van der Waals surface area contributed by atoms with Crippen molar-refractivity contribution >= 4 is 17.2 Å². The third-order valence-electron chi connectivity index (χ3n) is 2.16. The fourth-order valence-electron chi connectivity index (χ4n) is 1.29. The van der Waals surface area contributed by atoms with E-state index >= 15 is 0 Å². The summed E-state index contributed by atoms with van der Waals surface area (Å²) < 4.78 is 4.93. The second-order valence-corrected chi connectivity index (χ2v) is 4.13. The molecule has 0 unspecified atom stereocenters. The number of aliphatic hydroxyl groups excluding tert-OH is 1. The average molecular weight is 244 g/mol. The molecule has 0 aliphatic carbocycles. The van der Waals surface area contributed by atoms with Crippen molar-refractivity contribution in [3.05, 3.63) is 16.1 Å². The smallest absolute Gasteiger partial charge is 0.266 e. The number of nitrogens with zero attached hydrogens (tertiary/aromatic N) is 2. The van der Waals surface area contributed by atoms with E-state index in [9.17, 15) is 4.79 Å². The summed E-state index contributed by atoms with van der Waals surface area (Å²) in [6.07, 6.45) is 0. The van der Waals surface area contributed by atoms with Crippen LogP contribution in [-0.4, -0.2) is 54.3 Å². The third-order valence-corrected chi connectivity index (χ3v) is 3.08. The van der Waals surface area contributed by atoms with E-state index in [0.717, 1.165) is 5.69 Å². The molecular weight excluding hydrogens is 228 g/mol. The molecule has 0 bridgehead atoms. The Morgan fingerprint density at radius 3 is 2.88 bits per heavy atom. The predicted molar refractivity (Wildman–Crippen MR) is 61.7 cm³/mol. The minimum absolute atomic E-state index is 0.0483. The Kier molecular flexibility index (Phi) is 5.37. The number of aromatic nitrogens is 1. The Hall–Kier alpha value is -0.980. The summed E-state index contributed by atoms with van der Waals surface area (Å²) in [5.74, 6) is -0.0916. The second-order valence-electron chi connectivity index (χ2n) is 3.28. The van der Waals surface area contributed by atoms with E-state index < -0.39 is 0 Å². The summed E-state index contributed by atoms with van der Waals surface area (Å²) in [6, 6.07) is 0. The van der Waals surface area contributed by atoms with Gasteiger partial charge in [-0.3, -0.25) is 4.79 Å². The lowest BCUT2D eigenvalue weighted by Crippen LogP contribution is -2.36. The quantitative estimate of drug-likeness (QED) is 0.793. The predicted octanol–water partition coefficient (Wildman–Crippen LogP) is 0.532. The first-order valence-corrected chi connectivity index (χ1v) is 5.87. The topological polar surface area (TPSA) is 62.7 Å². The van der Waals surface area contributed by atoms with Gasteiger partial charge in [0.1, 0.15) is 4.88 Å². The van der Waals surface area contributed by atoms with E-state index in [0.29, 0.717) is 24.6 Å². The molecule has 0 fully saturated rings. The van der Waals surface area contributed by atoms with Gasteiger partial charge < -0.3 is 14.7 Å². The van der Waals surface area contributed by atoms with Gasteiger partial charge in [-0.05, 0) is 6.92 Å². The van der Waals surface area contributed by atoms with Gasteiger partial charge in [0.25, 0.3) is 5.91 Å². The zero-order valence-electron chi connectivity index (χ0n) is 9.47. The van der Waals surface area contributed by atoms with Crippen molar-refractivity contribution in [3.63, 3.8) is 0 Å². The molecule has 1 heterocycles. The van der Waals surface area contributed by atoms with Gasteiger partial charge >= 0.3 is 0 Å². The summed E-state index contributed by atoms with van der Waals surface area (Å²) >= 11 is 1.32. The lowest BCUT2D eigenvalue weighted by molar-refractivity contribution is 0.0660. The fourth-order valence-corrected chi connectivity index (χ4v) is 2.06. The molecule has 0 spiro atoms. The summed E-state index contributed by atoms with van der Waals surface area (Å²) in [5, 5.41) is 8.90. The number of methoxy groups -OCH3 is 1. The summed E-state index contributed by atoms with van der Waals surface area (Å²) in [7, 11) is 1.58. The van der Waals surface area contributed by atoms with Gasteiger partial charge in [-0.1, -0.05) is 0 Å². The van der Waals surface area contributed by atoms with Crippen LogP contribution < -0.4 is 0 Å². The van der Waals surface area contributed by atoms with Crippen LogP contribution in [0.2, 0.25) is 0 Å². The molecule has 0 atom stereocenters. The summed E-state index contributed by atoms with van der Waals surface area (Å²) in [6.45, 7) is 3.01. The Bertz CT molecular complexity index is 341. The van der Waals surface area contributed by atoms with Crippen molar-refractivity contribution < 1.29 is 14.6 Å². The molecule has 0 aromatic carbocycles. The number of ether oxygens (including phenoxy) is 1. The van der Waals surface area contributed by atoms with Crippen molar-refractivity contribution in [2.24, 2.45) is 0 Å². The number of thiazole rings is 1. The van der Waals surface area contributed by atoms with Crippen LogP contribution in [0.1, 0.15) is 15.4 Å². The fraction of sp³-hybridized carbons (Fsp3) is 0.600. The molecule has 0 radical (unpaired) electrons. The van der Waals surface area contributed by atoms with Crippen LogP contribution in [0.25, 0.3) is 0 Å². The largest absolute Gasteiger partial charge is 0.395 e. The Labute approximate surface area is 98.7 Å². The monoisotopic (exact) mass is 244 g/mol. The Morgan fingerprint density at radius 1 is 1.62 bits per heavy atom. The van der Waals surface area contributed by atoms with E-state index in [1.165, 1.54) is 11.3 Å². The molecule has 16 heavy (non-hydrogen) atoms. The maximum Gasteiger partial charge on any atom is 0.266 e. The first kappa shape index (κ1) is 13.1. The van der Waals surface area contributed by atoms with E-state index in [2.05, 4.69) is 4.98 Å². The van der Waals surface area contributed by atoms with Crippen LogP contribution in [0.5, 0.6) is 0 Å². The number of amides is 1. The van der Waals surface area contributed by atoms with Gasteiger partial charge in [0.05, 0.1) is 24.4 Å². The second kappa shape index (κ2) is 6.57. The first-order valence-electron chi connectivity index (χ1n) is 4.99. The highest BCUT2D eigenvalue weighted by Gasteiger charge is 2.18. The van der Waals surface area contributed by atoms with Crippen molar-refractivity contribution in [1.29, 1.82) is 0 Å². The van der Waals surface area contributed by atoms with Crippen LogP contribution in [-0.2, 0) is 4.74 Å². The molecule has 0 aliphatic heterocycles. The van der Waals surface area contributed by atoms with Crippen LogP contribution in [0, 0.1) is 6.92 Å². The average Bonchev–Trinajstić information content (AvgIpc) is 2.69. The number of hydrogen-bond acceptors (Lipinski definition) is 5.